The summed E-state index contributed by atoms with van der Waals surface area (Å²) in [4.78, 5) is 11.6. The van der Waals surface area contributed by atoms with Crippen LogP contribution in [-0.4, -0.2) is 17.4 Å². The summed E-state index contributed by atoms with van der Waals surface area (Å²) in [5.74, 6) is 0.193. The molecule has 1 aromatic rings. The maximum Gasteiger partial charge on any atom is 0.147 e. The summed E-state index contributed by atoms with van der Waals surface area (Å²) in [6.07, 6.45) is 0.757. The van der Waals surface area contributed by atoms with Crippen LogP contribution in [0.2, 0.25) is 0 Å². The van der Waals surface area contributed by atoms with E-state index in [1.165, 1.54) is 5.56 Å². The fourth-order valence-corrected chi connectivity index (χ4v) is 1.67. The quantitative estimate of drug-likeness (QED) is 0.868. The molecule has 1 atom stereocenters. The Morgan fingerprint density at radius 3 is 2.18 bits per heavy atom. The highest BCUT2D eigenvalue weighted by molar-refractivity contribution is 5.81. The van der Waals surface area contributed by atoms with E-state index in [0.717, 1.165) is 6.42 Å². The first kappa shape index (κ1) is 15.9. The largest absolute Gasteiger partial charge is 0.302 e. The van der Waals surface area contributed by atoms with Gasteiger partial charge in [-0.3, -0.25) is 4.79 Å². The Balaban J connectivity index is 0.00000256. The number of ketones is 1. The van der Waals surface area contributed by atoms with Crippen LogP contribution >= 0.6 is 0 Å². The van der Waals surface area contributed by atoms with Crippen LogP contribution in [0.3, 0.4) is 0 Å². The molecule has 0 amide bonds. The zero-order valence-electron chi connectivity index (χ0n) is 10.6. The lowest BCUT2D eigenvalue weighted by molar-refractivity contribution is -0.119. The van der Waals surface area contributed by atoms with Crippen molar-refractivity contribution in [3.8, 4) is 0 Å². The minimum Gasteiger partial charge on any atom is -0.302 e. The van der Waals surface area contributed by atoms with Crippen molar-refractivity contribution >= 4 is 5.78 Å². The van der Waals surface area contributed by atoms with Gasteiger partial charge in [0.2, 0.25) is 0 Å². The molecule has 0 bridgehead atoms. The molecular formula is C15H25NO. The summed E-state index contributed by atoms with van der Waals surface area (Å²) in [6, 6.07) is 10.0. The van der Waals surface area contributed by atoms with Crippen molar-refractivity contribution in [2.75, 3.05) is 0 Å². The van der Waals surface area contributed by atoms with E-state index in [-0.39, 0.29) is 24.8 Å². The van der Waals surface area contributed by atoms with Gasteiger partial charge >= 0.3 is 0 Å². The molecule has 0 radical (unpaired) electrons. The normalized spacial score (nSPS) is 12.7. The van der Waals surface area contributed by atoms with Crippen LogP contribution in [0.1, 0.15) is 40.7 Å². The molecular weight excluding hydrogens is 210 g/mol. The van der Waals surface area contributed by atoms with E-state index in [2.05, 4.69) is 38.2 Å². The Labute approximate surface area is 105 Å². The third-order valence-electron chi connectivity index (χ3n) is 2.38. The first-order valence-electron chi connectivity index (χ1n) is 5.70. The predicted octanol–water partition coefficient (Wildman–Crippen LogP) is 3.21. The maximum atomic E-state index is 11.6. The monoisotopic (exact) mass is 235 g/mol. The summed E-state index contributed by atoms with van der Waals surface area (Å²) in [5, 5.41) is 3.35. The molecule has 96 valence electrons. The van der Waals surface area contributed by atoms with Crippen LogP contribution in [0.4, 0.5) is 0 Å². The van der Waals surface area contributed by atoms with Crippen molar-refractivity contribution in [3.63, 3.8) is 0 Å². The molecule has 1 unspecified atom stereocenters. The van der Waals surface area contributed by atoms with E-state index in [0.29, 0.717) is 0 Å². The molecule has 0 fully saturated rings. The Morgan fingerprint density at radius 2 is 1.76 bits per heavy atom. The van der Waals surface area contributed by atoms with Crippen molar-refractivity contribution in [2.45, 2.75) is 53.1 Å². The Hall–Kier alpha value is -1.15. The van der Waals surface area contributed by atoms with Crippen LogP contribution in [0.15, 0.2) is 30.3 Å². The molecule has 0 aromatic heterocycles. The van der Waals surface area contributed by atoms with E-state index in [1.807, 2.05) is 18.2 Å². The zero-order valence-corrected chi connectivity index (χ0v) is 10.6. The smallest absolute Gasteiger partial charge is 0.147 e. The van der Waals surface area contributed by atoms with Crippen LogP contribution < -0.4 is 5.32 Å². The number of carbonyl (C=O) groups is 1. The van der Waals surface area contributed by atoms with E-state index >= 15 is 0 Å². The number of carbonyl (C=O) groups excluding carboxylic acids is 1. The van der Waals surface area contributed by atoms with Gasteiger partial charge in [-0.25, -0.2) is 0 Å². The third-order valence-corrected chi connectivity index (χ3v) is 2.38. The number of hydrogen-bond acceptors (Lipinski definition) is 2. The number of rotatable bonds is 4. The molecule has 2 heteroatoms. The molecule has 2 nitrogen and oxygen atoms in total. The highest BCUT2D eigenvalue weighted by Gasteiger charge is 2.20. The standard InChI is InChI=1S/C14H21NO.CH4/c1-11(16)13(15-14(2,3)4)10-12-8-6-5-7-9-12;/h5-9,13,15H,10H2,1-4H3;1H4. The summed E-state index contributed by atoms with van der Waals surface area (Å²) in [7, 11) is 0. The average Bonchev–Trinajstić information content (AvgIpc) is 2.16. The van der Waals surface area contributed by atoms with Gasteiger partial charge < -0.3 is 5.32 Å². The Morgan fingerprint density at radius 1 is 1.24 bits per heavy atom. The summed E-state index contributed by atoms with van der Waals surface area (Å²) in [6.45, 7) is 7.88. The van der Waals surface area contributed by atoms with Crippen LogP contribution in [0.25, 0.3) is 0 Å². The fraction of sp³-hybridized carbons (Fsp3) is 0.533. The molecule has 0 aliphatic rings. The highest BCUT2D eigenvalue weighted by Crippen LogP contribution is 2.08. The van der Waals surface area contributed by atoms with Gasteiger partial charge in [0.1, 0.15) is 5.78 Å². The first-order chi connectivity index (χ1) is 7.38. The number of benzene rings is 1. The molecule has 0 heterocycles. The number of Topliss-reactive ketones (excluding diaryl/α,β-unsaturated/α-hetero) is 1. The number of hydrogen-bond donors (Lipinski definition) is 1. The molecule has 17 heavy (non-hydrogen) atoms. The molecule has 1 N–H and O–H groups in total. The lowest BCUT2D eigenvalue weighted by Crippen LogP contribution is -2.48. The zero-order chi connectivity index (χ0) is 12.2. The summed E-state index contributed by atoms with van der Waals surface area (Å²) < 4.78 is 0. The van der Waals surface area contributed by atoms with Gasteiger partial charge in [0, 0.05) is 5.54 Å². The second-order valence-corrected chi connectivity index (χ2v) is 5.25. The van der Waals surface area contributed by atoms with Crippen molar-refractivity contribution in [3.05, 3.63) is 35.9 Å². The van der Waals surface area contributed by atoms with Gasteiger partial charge in [-0.1, -0.05) is 37.8 Å². The highest BCUT2D eigenvalue weighted by atomic mass is 16.1. The van der Waals surface area contributed by atoms with Gasteiger partial charge in [-0.05, 0) is 39.7 Å². The van der Waals surface area contributed by atoms with E-state index in [4.69, 9.17) is 0 Å². The lowest BCUT2D eigenvalue weighted by Gasteiger charge is -2.27. The van der Waals surface area contributed by atoms with Gasteiger partial charge in [0.25, 0.3) is 0 Å². The Bertz CT molecular complexity index is 338. The second kappa shape index (κ2) is 6.55. The predicted molar refractivity (Wildman–Crippen MR) is 74.2 cm³/mol. The maximum absolute atomic E-state index is 11.6. The van der Waals surface area contributed by atoms with Gasteiger partial charge in [-0.2, -0.15) is 0 Å². The van der Waals surface area contributed by atoms with E-state index in [9.17, 15) is 4.79 Å². The van der Waals surface area contributed by atoms with E-state index < -0.39 is 0 Å². The van der Waals surface area contributed by atoms with Crippen LogP contribution in [0, 0.1) is 0 Å². The van der Waals surface area contributed by atoms with Crippen molar-refractivity contribution < 1.29 is 4.79 Å². The third kappa shape index (κ3) is 6.22. The SMILES string of the molecule is C.CC(=O)C(Cc1ccccc1)NC(C)(C)C. The molecule has 0 saturated heterocycles. The summed E-state index contributed by atoms with van der Waals surface area (Å²) in [5.41, 5.74) is 1.16. The van der Waals surface area contributed by atoms with Gasteiger partial charge in [0.05, 0.1) is 6.04 Å². The topological polar surface area (TPSA) is 29.1 Å². The van der Waals surface area contributed by atoms with E-state index in [1.54, 1.807) is 6.92 Å². The molecule has 0 aliphatic carbocycles. The van der Waals surface area contributed by atoms with Crippen molar-refractivity contribution in [2.24, 2.45) is 0 Å². The molecule has 0 saturated carbocycles. The molecule has 1 aromatic carbocycles. The van der Waals surface area contributed by atoms with Crippen LogP contribution in [-0.2, 0) is 11.2 Å². The molecule has 0 aliphatic heterocycles. The fourth-order valence-electron chi connectivity index (χ4n) is 1.67. The average molecular weight is 235 g/mol. The molecule has 0 spiro atoms. The van der Waals surface area contributed by atoms with Gasteiger partial charge in [0.15, 0.2) is 0 Å². The minimum absolute atomic E-state index is 0. The summed E-state index contributed by atoms with van der Waals surface area (Å²) >= 11 is 0. The first-order valence-corrected chi connectivity index (χ1v) is 5.70. The van der Waals surface area contributed by atoms with Crippen molar-refractivity contribution in [1.29, 1.82) is 0 Å². The van der Waals surface area contributed by atoms with Crippen molar-refractivity contribution in [1.82, 2.24) is 5.32 Å². The lowest BCUT2D eigenvalue weighted by atomic mass is 9.99. The minimum atomic E-state index is -0.0950. The molecule has 1 rings (SSSR count). The van der Waals surface area contributed by atoms with Crippen LogP contribution in [0.5, 0.6) is 0 Å². The number of nitrogens with one attached hydrogen (secondary N) is 1. The Kier molecular flexibility index (Phi) is 6.11. The second-order valence-electron chi connectivity index (χ2n) is 5.25. The van der Waals surface area contributed by atoms with Gasteiger partial charge in [-0.15, -0.1) is 0 Å².